The van der Waals surface area contributed by atoms with Crippen LogP contribution >= 0.6 is 0 Å². The van der Waals surface area contributed by atoms with E-state index in [4.69, 9.17) is 4.74 Å². The number of carbonyl (C=O) groups is 1. The summed E-state index contributed by atoms with van der Waals surface area (Å²) in [4.78, 5) is 22.9. The number of benzene rings is 2. The summed E-state index contributed by atoms with van der Waals surface area (Å²) in [6.07, 6.45) is 3.53. The van der Waals surface area contributed by atoms with E-state index in [0.29, 0.717) is 5.92 Å². The highest BCUT2D eigenvalue weighted by Crippen LogP contribution is 2.51. The summed E-state index contributed by atoms with van der Waals surface area (Å²) in [6, 6.07) is 10.2. The number of aromatic amines is 1. The minimum Gasteiger partial charge on any atom is -0.496 e. The molecule has 5 heteroatoms. The van der Waals surface area contributed by atoms with Crippen molar-refractivity contribution in [3.63, 3.8) is 0 Å². The summed E-state index contributed by atoms with van der Waals surface area (Å²) in [7, 11) is 1.74. The fourth-order valence-electron chi connectivity index (χ4n) is 5.73. The van der Waals surface area contributed by atoms with Crippen LogP contribution in [0, 0.1) is 12.8 Å². The number of nitrogens with one attached hydrogen (secondary N) is 1. The fraction of sp³-hybridized carbons (Fsp3) is 0.417. The molecule has 1 aliphatic heterocycles. The first-order chi connectivity index (χ1) is 13.9. The molecule has 0 unspecified atom stereocenters. The average molecular weight is 389 g/mol. The van der Waals surface area contributed by atoms with Gasteiger partial charge in [-0.15, -0.1) is 0 Å². The molecule has 2 aliphatic rings. The predicted octanol–water partition coefficient (Wildman–Crippen LogP) is 4.24. The third kappa shape index (κ3) is 2.53. The molecule has 0 saturated carbocycles. The number of likely N-dealkylation sites (tertiary alicyclic amines) is 1. The van der Waals surface area contributed by atoms with Crippen molar-refractivity contribution in [2.45, 2.75) is 45.1 Å². The van der Waals surface area contributed by atoms with Crippen LogP contribution in [0.2, 0.25) is 0 Å². The number of rotatable bonds is 2. The van der Waals surface area contributed by atoms with Gasteiger partial charge in [0.05, 0.1) is 24.5 Å². The van der Waals surface area contributed by atoms with Crippen LogP contribution in [0.25, 0.3) is 11.0 Å². The van der Waals surface area contributed by atoms with E-state index < -0.39 is 0 Å². The molecule has 1 saturated heterocycles. The molecule has 2 heterocycles. The number of amides is 1. The first-order valence-electron chi connectivity index (χ1n) is 10.3. The molecule has 1 fully saturated rings. The quantitative estimate of drug-likeness (QED) is 0.713. The summed E-state index contributed by atoms with van der Waals surface area (Å²) >= 11 is 0. The van der Waals surface area contributed by atoms with Gasteiger partial charge in [0.1, 0.15) is 5.75 Å². The van der Waals surface area contributed by atoms with Gasteiger partial charge in [-0.25, -0.2) is 4.98 Å². The topological polar surface area (TPSA) is 58.2 Å². The average Bonchev–Trinajstić information content (AvgIpc) is 3.18. The third-order valence-electron chi connectivity index (χ3n) is 7.50. The van der Waals surface area contributed by atoms with E-state index in [1.165, 1.54) is 16.7 Å². The van der Waals surface area contributed by atoms with Gasteiger partial charge >= 0.3 is 0 Å². The smallest absolute Gasteiger partial charge is 0.254 e. The Hall–Kier alpha value is -2.82. The highest BCUT2D eigenvalue weighted by atomic mass is 16.5. The van der Waals surface area contributed by atoms with Gasteiger partial charge in [-0.2, -0.15) is 0 Å². The van der Waals surface area contributed by atoms with Gasteiger partial charge in [-0.05, 0) is 72.1 Å². The molecule has 5 rings (SSSR count). The zero-order valence-electron chi connectivity index (χ0n) is 17.5. The summed E-state index contributed by atoms with van der Waals surface area (Å²) in [5, 5.41) is 0. The number of imidazole rings is 1. The molecule has 0 spiro atoms. The molecule has 3 atom stereocenters. The molecule has 2 aromatic carbocycles. The Kier molecular flexibility index (Phi) is 3.99. The van der Waals surface area contributed by atoms with Crippen molar-refractivity contribution < 1.29 is 9.53 Å². The van der Waals surface area contributed by atoms with Crippen LogP contribution in [-0.4, -0.2) is 40.5 Å². The monoisotopic (exact) mass is 389 g/mol. The summed E-state index contributed by atoms with van der Waals surface area (Å²) in [5.74, 6) is 1.46. The van der Waals surface area contributed by atoms with Crippen molar-refractivity contribution in [3.05, 3.63) is 58.9 Å². The lowest BCUT2D eigenvalue weighted by atomic mass is 9.58. The van der Waals surface area contributed by atoms with Crippen molar-refractivity contribution >= 4 is 16.9 Å². The number of nitrogens with zero attached hydrogens (tertiary/aromatic N) is 2. The molecule has 1 aromatic heterocycles. The summed E-state index contributed by atoms with van der Waals surface area (Å²) in [6.45, 7) is 7.63. The van der Waals surface area contributed by atoms with Crippen LogP contribution in [0.5, 0.6) is 5.75 Å². The molecular weight excluding hydrogens is 362 g/mol. The van der Waals surface area contributed by atoms with Gasteiger partial charge < -0.3 is 14.6 Å². The van der Waals surface area contributed by atoms with Gasteiger partial charge in [-0.3, -0.25) is 4.79 Å². The second-order valence-corrected chi connectivity index (χ2v) is 8.79. The van der Waals surface area contributed by atoms with Gasteiger partial charge in [0.25, 0.3) is 5.91 Å². The maximum atomic E-state index is 13.5. The van der Waals surface area contributed by atoms with E-state index in [1.807, 2.05) is 18.2 Å². The van der Waals surface area contributed by atoms with E-state index >= 15 is 0 Å². The maximum absolute atomic E-state index is 13.5. The van der Waals surface area contributed by atoms with Gasteiger partial charge in [0.15, 0.2) is 0 Å². The van der Waals surface area contributed by atoms with Crippen molar-refractivity contribution in [1.82, 2.24) is 14.9 Å². The van der Waals surface area contributed by atoms with E-state index in [2.05, 4.69) is 47.8 Å². The van der Waals surface area contributed by atoms with Crippen molar-refractivity contribution in [2.75, 3.05) is 13.7 Å². The number of methoxy groups -OCH3 is 1. The Bertz CT molecular complexity index is 1120. The first-order valence-corrected chi connectivity index (χ1v) is 10.3. The molecule has 1 N–H and O–H groups in total. The normalized spacial score (nSPS) is 25.7. The Morgan fingerprint density at radius 1 is 1.31 bits per heavy atom. The van der Waals surface area contributed by atoms with Gasteiger partial charge in [0.2, 0.25) is 0 Å². The lowest BCUT2D eigenvalue weighted by molar-refractivity contribution is 0.0248. The van der Waals surface area contributed by atoms with Crippen LogP contribution in [0.4, 0.5) is 0 Å². The number of fused-ring (bicyclic) bond motifs is 5. The third-order valence-corrected chi connectivity index (χ3v) is 7.50. The Morgan fingerprint density at radius 3 is 2.93 bits per heavy atom. The number of aromatic nitrogens is 2. The molecule has 5 nitrogen and oxygen atoms in total. The standard InChI is InChI=1S/C24H27N3O2/c1-14-21(29-4)8-6-16-12-20-15(2)24(3,22(14)16)9-10-27(20)23(28)17-5-7-18-19(11-17)26-13-25-18/h5-8,11,13,15,20H,9-10,12H2,1-4H3,(H,25,26)/t15-,20-,24-/m1/s1. The Balaban J connectivity index is 1.53. The molecular formula is C24H27N3O2. The van der Waals surface area contributed by atoms with E-state index in [0.717, 1.165) is 41.7 Å². The van der Waals surface area contributed by atoms with Crippen LogP contribution in [0.15, 0.2) is 36.7 Å². The van der Waals surface area contributed by atoms with Crippen LogP contribution < -0.4 is 4.74 Å². The van der Waals surface area contributed by atoms with Gasteiger partial charge in [0, 0.05) is 18.2 Å². The predicted molar refractivity (Wildman–Crippen MR) is 113 cm³/mol. The summed E-state index contributed by atoms with van der Waals surface area (Å²) in [5.41, 5.74) is 6.62. The van der Waals surface area contributed by atoms with Crippen LogP contribution in [-0.2, 0) is 11.8 Å². The zero-order valence-corrected chi connectivity index (χ0v) is 17.5. The molecule has 3 aromatic rings. The van der Waals surface area contributed by atoms with Crippen molar-refractivity contribution in [1.29, 1.82) is 0 Å². The number of hydrogen-bond acceptors (Lipinski definition) is 3. The second kappa shape index (κ2) is 6.34. The summed E-state index contributed by atoms with van der Waals surface area (Å²) < 4.78 is 5.60. The maximum Gasteiger partial charge on any atom is 0.254 e. The minimum absolute atomic E-state index is 0.0565. The SMILES string of the molecule is COc1ccc2c(c1C)[C@]1(C)CCN(C(=O)c3ccc4nc[nH]c4c3)[C@H](C2)[C@H]1C. The highest BCUT2D eigenvalue weighted by molar-refractivity contribution is 5.97. The Morgan fingerprint density at radius 2 is 2.14 bits per heavy atom. The number of H-pyrrole nitrogens is 1. The largest absolute Gasteiger partial charge is 0.496 e. The molecule has 29 heavy (non-hydrogen) atoms. The molecule has 1 aliphatic carbocycles. The first kappa shape index (κ1) is 18.2. The van der Waals surface area contributed by atoms with E-state index in [1.54, 1.807) is 13.4 Å². The van der Waals surface area contributed by atoms with E-state index in [-0.39, 0.29) is 17.4 Å². The van der Waals surface area contributed by atoms with E-state index in [9.17, 15) is 4.79 Å². The second-order valence-electron chi connectivity index (χ2n) is 8.79. The fourth-order valence-corrected chi connectivity index (χ4v) is 5.73. The Labute approximate surface area is 171 Å². The van der Waals surface area contributed by atoms with Crippen LogP contribution in [0.3, 0.4) is 0 Å². The number of ether oxygens (including phenoxy) is 1. The molecule has 1 amide bonds. The van der Waals surface area contributed by atoms with Crippen LogP contribution in [0.1, 0.15) is 47.3 Å². The minimum atomic E-state index is 0.0565. The number of carbonyl (C=O) groups excluding carboxylic acids is 1. The highest BCUT2D eigenvalue weighted by Gasteiger charge is 2.50. The molecule has 2 bridgehead atoms. The molecule has 150 valence electrons. The zero-order chi connectivity index (χ0) is 20.3. The molecule has 0 radical (unpaired) electrons. The lowest BCUT2D eigenvalue weighted by Crippen LogP contribution is -2.59. The lowest BCUT2D eigenvalue weighted by Gasteiger charge is -2.55. The van der Waals surface area contributed by atoms with Crippen molar-refractivity contribution in [2.24, 2.45) is 5.92 Å². The van der Waals surface area contributed by atoms with Gasteiger partial charge in [-0.1, -0.05) is 19.9 Å². The van der Waals surface area contributed by atoms with Crippen molar-refractivity contribution in [3.8, 4) is 5.75 Å². The number of piperidine rings is 1. The number of hydrogen-bond donors (Lipinski definition) is 1.